The minimum Gasteiger partial charge on any atom is -0.348 e. The van der Waals surface area contributed by atoms with Gasteiger partial charge in [0, 0.05) is 38.1 Å². The van der Waals surface area contributed by atoms with Crippen LogP contribution in [-0.2, 0) is 16.0 Å². The SMILES string of the molecule is O=CN1CCN(C(=O)Cc2cnc[nH]2)CC1. The number of H-pyrrole nitrogens is 1. The van der Waals surface area contributed by atoms with Crippen molar-refractivity contribution in [2.75, 3.05) is 26.2 Å². The van der Waals surface area contributed by atoms with Crippen molar-refractivity contribution < 1.29 is 9.59 Å². The number of amides is 2. The second kappa shape index (κ2) is 4.78. The van der Waals surface area contributed by atoms with Crippen molar-refractivity contribution in [2.24, 2.45) is 0 Å². The normalized spacial score (nSPS) is 16.2. The fourth-order valence-corrected chi connectivity index (χ4v) is 1.73. The third-order valence-electron chi connectivity index (χ3n) is 2.71. The van der Waals surface area contributed by atoms with Gasteiger partial charge in [0.15, 0.2) is 0 Å². The number of carbonyl (C=O) groups is 2. The van der Waals surface area contributed by atoms with Gasteiger partial charge in [0.05, 0.1) is 12.7 Å². The Kier molecular flexibility index (Phi) is 3.19. The Hall–Kier alpha value is -1.85. The van der Waals surface area contributed by atoms with Crippen LogP contribution in [0.5, 0.6) is 0 Å². The van der Waals surface area contributed by atoms with Gasteiger partial charge in [0.1, 0.15) is 0 Å². The van der Waals surface area contributed by atoms with E-state index in [9.17, 15) is 9.59 Å². The van der Waals surface area contributed by atoms with Crippen LogP contribution in [0.1, 0.15) is 5.69 Å². The standard InChI is InChI=1S/C10H14N4O2/c15-8-13-1-3-14(4-2-13)10(16)5-9-6-11-7-12-9/h6-8H,1-5H2,(H,11,12). The van der Waals surface area contributed by atoms with E-state index in [0.29, 0.717) is 32.6 Å². The summed E-state index contributed by atoms with van der Waals surface area (Å²) in [6, 6.07) is 0. The van der Waals surface area contributed by atoms with Crippen molar-refractivity contribution in [1.82, 2.24) is 19.8 Å². The average molecular weight is 222 g/mol. The number of nitrogens with zero attached hydrogens (tertiary/aromatic N) is 3. The molecule has 6 nitrogen and oxygen atoms in total. The zero-order valence-electron chi connectivity index (χ0n) is 8.93. The highest BCUT2D eigenvalue weighted by molar-refractivity contribution is 5.78. The molecule has 1 N–H and O–H groups in total. The van der Waals surface area contributed by atoms with E-state index in [1.165, 1.54) is 0 Å². The van der Waals surface area contributed by atoms with E-state index in [1.807, 2.05) is 0 Å². The highest BCUT2D eigenvalue weighted by atomic mass is 16.2. The van der Waals surface area contributed by atoms with Crippen molar-refractivity contribution in [3.8, 4) is 0 Å². The number of hydrogen-bond donors (Lipinski definition) is 1. The number of hydrogen-bond acceptors (Lipinski definition) is 3. The lowest BCUT2D eigenvalue weighted by molar-refractivity contribution is -0.134. The van der Waals surface area contributed by atoms with Gasteiger partial charge in [-0.2, -0.15) is 0 Å². The van der Waals surface area contributed by atoms with E-state index < -0.39 is 0 Å². The molecule has 0 radical (unpaired) electrons. The minimum atomic E-state index is 0.0785. The Morgan fingerprint density at radius 3 is 2.75 bits per heavy atom. The third kappa shape index (κ3) is 2.39. The molecule has 0 atom stereocenters. The van der Waals surface area contributed by atoms with Crippen LogP contribution in [0, 0.1) is 0 Å². The molecule has 0 unspecified atom stereocenters. The molecule has 0 spiro atoms. The molecule has 1 aliphatic heterocycles. The van der Waals surface area contributed by atoms with Crippen molar-refractivity contribution in [2.45, 2.75) is 6.42 Å². The number of aromatic nitrogens is 2. The molecule has 86 valence electrons. The predicted octanol–water partition coefficient (Wildman–Crippen LogP) is -0.747. The Morgan fingerprint density at radius 2 is 2.19 bits per heavy atom. The van der Waals surface area contributed by atoms with Crippen molar-refractivity contribution in [3.63, 3.8) is 0 Å². The quantitative estimate of drug-likeness (QED) is 0.684. The zero-order valence-corrected chi connectivity index (χ0v) is 8.93. The second-order valence-electron chi connectivity index (χ2n) is 3.78. The molecular weight excluding hydrogens is 208 g/mol. The van der Waals surface area contributed by atoms with Crippen LogP contribution in [-0.4, -0.2) is 58.3 Å². The molecule has 0 aromatic carbocycles. The topological polar surface area (TPSA) is 69.3 Å². The van der Waals surface area contributed by atoms with E-state index in [1.54, 1.807) is 22.3 Å². The fourth-order valence-electron chi connectivity index (χ4n) is 1.73. The molecule has 0 saturated carbocycles. The Balaban J connectivity index is 1.84. The highest BCUT2D eigenvalue weighted by Gasteiger charge is 2.20. The van der Waals surface area contributed by atoms with Gasteiger partial charge in [-0.3, -0.25) is 9.59 Å². The lowest BCUT2D eigenvalue weighted by Gasteiger charge is -2.32. The summed E-state index contributed by atoms with van der Waals surface area (Å²) in [5, 5.41) is 0. The highest BCUT2D eigenvalue weighted by Crippen LogP contribution is 2.03. The molecule has 1 fully saturated rings. The van der Waals surface area contributed by atoms with Crippen LogP contribution in [0.25, 0.3) is 0 Å². The van der Waals surface area contributed by atoms with E-state index in [0.717, 1.165) is 12.1 Å². The Bertz CT molecular complexity index is 355. The Labute approximate surface area is 93.3 Å². The molecule has 1 aliphatic rings. The molecule has 1 aromatic rings. The largest absolute Gasteiger partial charge is 0.348 e. The van der Waals surface area contributed by atoms with Crippen molar-refractivity contribution in [3.05, 3.63) is 18.2 Å². The van der Waals surface area contributed by atoms with Gasteiger partial charge < -0.3 is 14.8 Å². The van der Waals surface area contributed by atoms with Crippen molar-refractivity contribution >= 4 is 12.3 Å². The zero-order chi connectivity index (χ0) is 11.4. The van der Waals surface area contributed by atoms with Gasteiger partial charge in [-0.05, 0) is 0 Å². The summed E-state index contributed by atoms with van der Waals surface area (Å²) >= 11 is 0. The molecule has 6 heteroatoms. The summed E-state index contributed by atoms with van der Waals surface area (Å²) in [6.45, 7) is 2.48. The molecule has 0 aliphatic carbocycles. The van der Waals surface area contributed by atoms with Crippen molar-refractivity contribution in [1.29, 1.82) is 0 Å². The van der Waals surface area contributed by atoms with Gasteiger partial charge in [-0.25, -0.2) is 4.98 Å². The number of rotatable bonds is 3. The van der Waals surface area contributed by atoms with Crippen LogP contribution in [0.3, 0.4) is 0 Å². The van der Waals surface area contributed by atoms with Gasteiger partial charge in [-0.15, -0.1) is 0 Å². The summed E-state index contributed by atoms with van der Waals surface area (Å²) in [4.78, 5) is 32.6. The first-order chi connectivity index (χ1) is 7.79. The predicted molar refractivity (Wildman–Crippen MR) is 56.5 cm³/mol. The summed E-state index contributed by atoms with van der Waals surface area (Å²) in [5.74, 6) is 0.0785. The smallest absolute Gasteiger partial charge is 0.228 e. The monoisotopic (exact) mass is 222 g/mol. The molecule has 2 heterocycles. The molecule has 2 rings (SSSR count). The van der Waals surface area contributed by atoms with E-state index >= 15 is 0 Å². The molecule has 0 bridgehead atoms. The first-order valence-electron chi connectivity index (χ1n) is 5.24. The number of nitrogens with one attached hydrogen (secondary N) is 1. The fraction of sp³-hybridized carbons (Fsp3) is 0.500. The molecule has 2 amide bonds. The third-order valence-corrected chi connectivity index (χ3v) is 2.71. The lowest BCUT2D eigenvalue weighted by atomic mass is 10.2. The molecule has 1 saturated heterocycles. The average Bonchev–Trinajstić information content (AvgIpc) is 2.82. The maximum atomic E-state index is 11.8. The van der Waals surface area contributed by atoms with Crippen LogP contribution in [0.15, 0.2) is 12.5 Å². The number of carbonyl (C=O) groups excluding carboxylic acids is 2. The summed E-state index contributed by atoms with van der Waals surface area (Å²) in [7, 11) is 0. The summed E-state index contributed by atoms with van der Waals surface area (Å²) in [6.07, 6.45) is 4.39. The molecular formula is C10H14N4O2. The van der Waals surface area contributed by atoms with Crippen LogP contribution in [0.2, 0.25) is 0 Å². The van der Waals surface area contributed by atoms with Crippen LogP contribution in [0.4, 0.5) is 0 Å². The van der Waals surface area contributed by atoms with Gasteiger partial charge in [-0.1, -0.05) is 0 Å². The number of piperazine rings is 1. The van der Waals surface area contributed by atoms with Crippen LogP contribution < -0.4 is 0 Å². The first-order valence-corrected chi connectivity index (χ1v) is 5.24. The Morgan fingerprint density at radius 1 is 1.44 bits per heavy atom. The maximum Gasteiger partial charge on any atom is 0.228 e. The minimum absolute atomic E-state index is 0.0785. The maximum absolute atomic E-state index is 11.8. The van der Waals surface area contributed by atoms with Crippen LogP contribution >= 0.6 is 0 Å². The van der Waals surface area contributed by atoms with Gasteiger partial charge in [0.2, 0.25) is 12.3 Å². The second-order valence-corrected chi connectivity index (χ2v) is 3.78. The first kappa shape index (κ1) is 10.7. The number of imidazole rings is 1. The lowest BCUT2D eigenvalue weighted by Crippen LogP contribution is -2.48. The van der Waals surface area contributed by atoms with E-state index in [2.05, 4.69) is 9.97 Å². The summed E-state index contributed by atoms with van der Waals surface area (Å²) < 4.78 is 0. The molecule has 1 aromatic heterocycles. The number of aromatic amines is 1. The van der Waals surface area contributed by atoms with E-state index in [4.69, 9.17) is 0 Å². The molecule has 16 heavy (non-hydrogen) atoms. The van der Waals surface area contributed by atoms with Gasteiger partial charge >= 0.3 is 0 Å². The van der Waals surface area contributed by atoms with Gasteiger partial charge in [0.25, 0.3) is 0 Å². The van der Waals surface area contributed by atoms with E-state index in [-0.39, 0.29) is 5.91 Å². The summed E-state index contributed by atoms with van der Waals surface area (Å²) in [5.41, 5.74) is 0.822.